The average molecular weight is 287 g/mol. The average Bonchev–Trinajstić information content (AvgIpc) is 2.23. The van der Waals surface area contributed by atoms with Gasteiger partial charge in [-0.1, -0.05) is 0 Å². The summed E-state index contributed by atoms with van der Waals surface area (Å²) < 4.78 is 78.9. The van der Waals surface area contributed by atoms with Gasteiger partial charge in [0.05, 0.1) is 5.56 Å². The van der Waals surface area contributed by atoms with Gasteiger partial charge in [0.15, 0.2) is 5.78 Å². The summed E-state index contributed by atoms with van der Waals surface area (Å²) in [5, 5.41) is 0. The summed E-state index contributed by atoms with van der Waals surface area (Å²) in [6.45, 7) is 0.407. The lowest BCUT2D eigenvalue weighted by atomic mass is 10.2. The fraction of sp³-hybridized carbons (Fsp3) is 0.400. The number of ether oxygens (including phenoxy) is 1. The fourth-order valence-electron chi connectivity index (χ4n) is 1.06. The second-order valence-corrected chi connectivity index (χ2v) is 3.57. The van der Waals surface area contributed by atoms with Crippen molar-refractivity contribution in [3.05, 3.63) is 23.4 Å². The molecule has 1 heterocycles. The van der Waals surface area contributed by atoms with E-state index < -0.39 is 41.9 Å². The number of carbonyl (C=O) groups excluding carboxylic acids is 1. The van der Waals surface area contributed by atoms with Crippen LogP contribution in [0.5, 0.6) is 5.88 Å². The number of rotatable bonds is 3. The summed E-state index contributed by atoms with van der Waals surface area (Å²) in [4.78, 5) is 13.5. The molecule has 19 heavy (non-hydrogen) atoms. The number of pyridine rings is 1. The number of halogens is 6. The summed E-state index contributed by atoms with van der Waals surface area (Å²) in [7, 11) is 0. The van der Waals surface area contributed by atoms with Gasteiger partial charge in [0, 0.05) is 6.07 Å². The van der Waals surface area contributed by atoms with Crippen molar-refractivity contribution in [2.75, 3.05) is 6.61 Å². The monoisotopic (exact) mass is 287 g/mol. The predicted octanol–water partition coefficient (Wildman–Crippen LogP) is 3.09. The number of carbonyl (C=O) groups is 1. The van der Waals surface area contributed by atoms with Crippen molar-refractivity contribution in [1.29, 1.82) is 0 Å². The second kappa shape index (κ2) is 5.06. The van der Waals surface area contributed by atoms with Gasteiger partial charge in [-0.05, 0) is 13.0 Å². The highest BCUT2D eigenvalue weighted by Gasteiger charge is 2.38. The van der Waals surface area contributed by atoms with Crippen LogP contribution in [0.2, 0.25) is 0 Å². The van der Waals surface area contributed by atoms with Crippen LogP contribution < -0.4 is 4.74 Å². The SMILES string of the molecule is CC(=O)COc1cc(C(F)(F)F)cc(C(F)(F)F)n1. The molecule has 0 N–H and O–H groups in total. The lowest BCUT2D eigenvalue weighted by Gasteiger charge is -2.13. The Labute approximate surface area is 103 Å². The molecule has 1 rings (SSSR count). The Balaban J connectivity index is 3.21. The maximum Gasteiger partial charge on any atom is 0.433 e. The van der Waals surface area contributed by atoms with Crippen molar-refractivity contribution in [2.24, 2.45) is 0 Å². The Morgan fingerprint density at radius 3 is 2.16 bits per heavy atom. The van der Waals surface area contributed by atoms with Crippen LogP contribution in [0.3, 0.4) is 0 Å². The first-order valence-corrected chi connectivity index (χ1v) is 4.79. The maximum absolute atomic E-state index is 12.4. The highest BCUT2D eigenvalue weighted by molar-refractivity contribution is 5.77. The molecule has 1 aromatic heterocycles. The zero-order valence-electron chi connectivity index (χ0n) is 9.39. The maximum atomic E-state index is 12.4. The third-order valence-corrected chi connectivity index (χ3v) is 1.84. The number of hydrogen-bond acceptors (Lipinski definition) is 3. The molecule has 0 aliphatic heterocycles. The molecule has 0 fully saturated rings. The number of nitrogens with zero attached hydrogens (tertiary/aromatic N) is 1. The van der Waals surface area contributed by atoms with Crippen LogP contribution in [-0.2, 0) is 17.1 Å². The van der Waals surface area contributed by atoms with E-state index in [9.17, 15) is 31.1 Å². The summed E-state index contributed by atoms with van der Waals surface area (Å²) in [6, 6.07) is 0.179. The van der Waals surface area contributed by atoms with E-state index >= 15 is 0 Å². The smallest absolute Gasteiger partial charge is 0.433 e. The lowest BCUT2D eigenvalue weighted by molar-refractivity contribution is -0.145. The normalized spacial score (nSPS) is 12.4. The van der Waals surface area contributed by atoms with Crippen molar-refractivity contribution >= 4 is 5.78 Å². The zero-order chi connectivity index (χ0) is 14.8. The van der Waals surface area contributed by atoms with Gasteiger partial charge in [0.25, 0.3) is 0 Å². The van der Waals surface area contributed by atoms with Crippen LogP contribution in [0.4, 0.5) is 26.3 Å². The minimum absolute atomic E-state index is 0.124. The van der Waals surface area contributed by atoms with Gasteiger partial charge in [-0.3, -0.25) is 4.79 Å². The standard InChI is InChI=1S/C10H7F6NO2/c1-5(18)4-19-8-3-6(9(11,12)13)2-7(17-8)10(14,15)16/h2-3H,4H2,1H3. The predicted molar refractivity (Wildman–Crippen MR) is 50.4 cm³/mol. The molecule has 0 amide bonds. The molecule has 0 bridgehead atoms. The first kappa shape index (κ1) is 15.3. The van der Waals surface area contributed by atoms with Crippen LogP contribution in [-0.4, -0.2) is 17.4 Å². The third kappa shape index (κ3) is 4.42. The van der Waals surface area contributed by atoms with Crippen LogP contribution in [0.1, 0.15) is 18.2 Å². The molecular formula is C10H7F6NO2. The Morgan fingerprint density at radius 2 is 1.74 bits per heavy atom. The van der Waals surface area contributed by atoms with Crippen molar-refractivity contribution in [3.8, 4) is 5.88 Å². The topological polar surface area (TPSA) is 39.2 Å². The van der Waals surface area contributed by atoms with Crippen molar-refractivity contribution in [3.63, 3.8) is 0 Å². The molecule has 0 aromatic carbocycles. The Hall–Kier alpha value is -1.80. The minimum Gasteiger partial charge on any atom is -0.470 e. The van der Waals surface area contributed by atoms with Gasteiger partial charge in [0.1, 0.15) is 12.3 Å². The molecule has 3 nitrogen and oxygen atoms in total. The zero-order valence-corrected chi connectivity index (χ0v) is 9.39. The highest BCUT2D eigenvalue weighted by atomic mass is 19.4. The van der Waals surface area contributed by atoms with Crippen LogP contribution in [0.25, 0.3) is 0 Å². The number of Topliss-reactive ketones (excluding diaryl/α,β-unsaturated/α-hetero) is 1. The lowest BCUT2D eigenvalue weighted by Crippen LogP contribution is -2.15. The summed E-state index contributed by atoms with van der Waals surface area (Å²) >= 11 is 0. The Kier molecular flexibility index (Phi) is 4.06. The quantitative estimate of drug-likeness (QED) is 0.802. The van der Waals surface area contributed by atoms with Crippen LogP contribution in [0.15, 0.2) is 12.1 Å². The third-order valence-electron chi connectivity index (χ3n) is 1.84. The molecule has 0 aliphatic carbocycles. The molecule has 0 unspecified atom stereocenters. The summed E-state index contributed by atoms with van der Waals surface area (Å²) in [5.74, 6) is -1.47. The molecule has 0 spiro atoms. The van der Waals surface area contributed by atoms with E-state index in [0.29, 0.717) is 6.07 Å². The van der Waals surface area contributed by atoms with Crippen molar-refractivity contribution < 1.29 is 35.9 Å². The molecule has 1 aromatic rings. The van der Waals surface area contributed by atoms with E-state index in [1.165, 1.54) is 0 Å². The van der Waals surface area contributed by atoms with Gasteiger partial charge >= 0.3 is 12.4 Å². The molecule has 0 radical (unpaired) electrons. The second-order valence-electron chi connectivity index (χ2n) is 3.57. The van der Waals surface area contributed by atoms with E-state index in [0.717, 1.165) is 6.92 Å². The number of ketones is 1. The number of hydrogen-bond donors (Lipinski definition) is 0. The van der Waals surface area contributed by atoms with Crippen LogP contribution >= 0.6 is 0 Å². The summed E-state index contributed by atoms with van der Waals surface area (Å²) in [6.07, 6.45) is -10.0. The fourth-order valence-corrected chi connectivity index (χ4v) is 1.06. The molecule has 106 valence electrons. The molecule has 0 aliphatic rings. The Bertz CT molecular complexity index is 448. The largest absolute Gasteiger partial charge is 0.470 e. The molecule has 0 saturated heterocycles. The number of alkyl halides is 6. The van der Waals surface area contributed by atoms with Crippen molar-refractivity contribution in [1.82, 2.24) is 4.98 Å². The van der Waals surface area contributed by atoms with Gasteiger partial charge < -0.3 is 4.74 Å². The van der Waals surface area contributed by atoms with Crippen molar-refractivity contribution in [2.45, 2.75) is 19.3 Å². The molecule has 0 atom stereocenters. The van der Waals surface area contributed by atoms with Gasteiger partial charge in [0.2, 0.25) is 5.88 Å². The Morgan fingerprint density at radius 1 is 1.16 bits per heavy atom. The van der Waals surface area contributed by atoms with Crippen LogP contribution in [0, 0.1) is 0 Å². The van der Waals surface area contributed by atoms with E-state index in [-0.39, 0.29) is 6.07 Å². The minimum atomic E-state index is -5.05. The van der Waals surface area contributed by atoms with E-state index in [1.807, 2.05) is 0 Å². The summed E-state index contributed by atoms with van der Waals surface area (Å²) in [5.41, 5.74) is -3.28. The molecule has 9 heteroatoms. The highest BCUT2D eigenvalue weighted by Crippen LogP contribution is 2.36. The van der Waals surface area contributed by atoms with E-state index in [4.69, 9.17) is 0 Å². The van der Waals surface area contributed by atoms with Gasteiger partial charge in [-0.2, -0.15) is 26.3 Å². The first-order chi connectivity index (χ1) is 8.50. The van der Waals surface area contributed by atoms with Gasteiger partial charge in [-0.15, -0.1) is 0 Å². The molecular weight excluding hydrogens is 280 g/mol. The van der Waals surface area contributed by atoms with E-state index in [2.05, 4.69) is 9.72 Å². The number of aromatic nitrogens is 1. The van der Waals surface area contributed by atoms with E-state index in [1.54, 1.807) is 0 Å². The molecule has 0 saturated carbocycles. The van der Waals surface area contributed by atoms with Gasteiger partial charge in [-0.25, -0.2) is 4.98 Å². The first-order valence-electron chi connectivity index (χ1n) is 4.79.